The average Bonchev–Trinajstić information content (AvgIpc) is 3.13. The minimum absolute atomic E-state index is 0.0424. The number of nitrogens with one attached hydrogen (secondary N) is 2. The van der Waals surface area contributed by atoms with Crippen molar-refractivity contribution in [1.29, 1.82) is 0 Å². The first kappa shape index (κ1) is 21.3. The molecule has 0 bridgehead atoms. The predicted molar refractivity (Wildman–Crippen MR) is 117 cm³/mol. The van der Waals surface area contributed by atoms with Crippen LogP contribution in [0.4, 0.5) is 11.6 Å². The molecule has 3 aromatic rings. The predicted octanol–water partition coefficient (Wildman–Crippen LogP) is 3.78. The van der Waals surface area contributed by atoms with Gasteiger partial charge in [0.05, 0.1) is 13.1 Å². The summed E-state index contributed by atoms with van der Waals surface area (Å²) in [5.74, 6) is -0.197. The van der Waals surface area contributed by atoms with Crippen molar-refractivity contribution in [3.63, 3.8) is 0 Å². The van der Waals surface area contributed by atoms with E-state index in [0.717, 1.165) is 27.9 Å². The van der Waals surface area contributed by atoms with Gasteiger partial charge in [0.15, 0.2) is 0 Å². The van der Waals surface area contributed by atoms with Gasteiger partial charge >= 0.3 is 0 Å². The molecular formula is C23H26N4O3. The van der Waals surface area contributed by atoms with E-state index in [4.69, 9.17) is 4.52 Å². The van der Waals surface area contributed by atoms with Crippen molar-refractivity contribution in [2.24, 2.45) is 0 Å². The third-order valence-corrected chi connectivity index (χ3v) is 4.69. The van der Waals surface area contributed by atoms with Crippen LogP contribution >= 0.6 is 0 Å². The smallest absolute Gasteiger partial charge is 0.240 e. The van der Waals surface area contributed by atoms with Crippen molar-refractivity contribution in [2.75, 3.05) is 30.8 Å². The third-order valence-electron chi connectivity index (χ3n) is 4.69. The minimum atomic E-state index is -0.288. The molecule has 7 nitrogen and oxygen atoms in total. The molecule has 0 radical (unpaired) electrons. The number of likely N-dealkylation sites (N-methyl/N-ethyl adjacent to an activating group) is 1. The first-order chi connectivity index (χ1) is 14.3. The Balaban J connectivity index is 1.51. The van der Waals surface area contributed by atoms with Crippen LogP contribution in [0, 0.1) is 20.8 Å². The molecular weight excluding hydrogens is 380 g/mol. The fourth-order valence-corrected chi connectivity index (χ4v) is 3.11. The number of benzene rings is 2. The fraction of sp³-hybridized carbons (Fsp3) is 0.261. The molecule has 0 saturated heterocycles. The maximum Gasteiger partial charge on any atom is 0.240 e. The molecule has 2 aromatic carbocycles. The van der Waals surface area contributed by atoms with Gasteiger partial charge in [0.1, 0.15) is 5.69 Å². The third kappa shape index (κ3) is 5.55. The Labute approximate surface area is 176 Å². The highest BCUT2D eigenvalue weighted by Gasteiger charge is 2.15. The van der Waals surface area contributed by atoms with Crippen LogP contribution in [0.3, 0.4) is 0 Å². The fourth-order valence-electron chi connectivity index (χ4n) is 3.11. The quantitative estimate of drug-likeness (QED) is 0.624. The second-order valence-corrected chi connectivity index (χ2v) is 7.48. The summed E-state index contributed by atoms with van der Waals surface area (Å²) in [6.45, 7) is 6.04. The Morgan fingerprint density at radius 2 is 1.53 bits per heavy atom. The molecule has 7 heteroatoms. The number of aromatic nitrogens is 1. The summed E-state index contributed by atoms with van der Waals surface area (Å²) in [5.41, 5.74) is 5.51. The molecule has 0 atom stereocenters. The zero-order valence-electron chi connectivity index (χ0n) is 17.7. The Kier molecular flexibility index (Phi) is 6.64. The van der Waals surface area contributed by atoms with Gasteiger partial charge in [0.2, 0.25) is 17.7 Å². The van der Waals surface area contributed by atoms with E-state index in [0.29, 0.717) is 5.69 Å². The molecule has 2 N–H and O–H groups in total. The minimum Gasteiger partial charge on any atom is -0.338 e. The van der Waals surface area contributed by atoms with E-state index in [-0.39, 0.29) is 30.8 Å². The molecule has 1 aromatic heterocycles. The number of hydrogen-bond donors (Lipinski definition) is 2. The molecule has 0 fully saturated rings. The number of anilines is 2. The van der Waals surface area contributed by atoms with Crippen LogP contribution in [0.15, 0.2) is 53.1 Å². The van der Waals surface area contributed by atoms with Crippen LogP contribution in [-0.4, -0.2) is 42.0 Å². The molecule has 0 aliphatic rings. The van der Waals surface area contributed by atoms with Crippen molar-refractivity contribution in [1.82, 2.24) is 10.1 Å². The number of nitrogens with zero attached hydrogens (tertiary/aromatic N) is 2. The van der Waals surface area contributed by atoms with Gasteiger partial charge < -0.3 is 9.84 Å². The van der Waals surface area contributed by atoms with Gasteiger partial charge in [-0.05, 0) is 38.9 Å². The summed E-state index contributed by atoms with van der Waals surface area (Å²) in [5, 5.41) is 9.58. The van der Waals surface area contributed by atoms with Gasteiger partial charge in [-0.2, -0.15) is 0 Å². The van der Waals surface area contributed by atoms with Crippen molar-refractivity contribution >= 4 is 23.4 Å². The highest BCUT2D eigenvalue weighted by molar-refractivity contribution is 5.95. The van der Waals surface area contributed by atoms with Crippen LogP contribution in [0.2, 0.25) is 0 Å². The van der Waals surface area contributed by atoms with Gasteiger partial charge in [0, 0.05) is 17.3 Å². The monoisotopic (exact) mass is 406 g/mol. The lowest BCUT2D eigenvalue weighted by Gasteiger charge is -2.17. The lowest BCUT2D eigenvalue weighted by Crippen LogP contribution is -2.36. The molecule has 3 rings (SSSR count). The summed E-state index contributed by atoms with van der Waals surface area (Å²) < 4.78 is 5.21. The highest BCUT2D eigenvalue weighted by Crippen LogP contribution is 2.22. The van der Waals surface area contributed by atoms with E-state index in [1.165, 1.54) is 0 Å². The van der Waals surface area contributed by atoms with E-state index in [1.807, 2.05) is 63.2 Å². The zero-order valence-corrected chi connectivity index (χ0v) is 17.7. The van der Waals surface area contributed by atoms with Crippen LogP contribution in [0.5, 0.6) is 0 Å². The van der Waals surface area contributed by atoms with Crippen LogP contribution in [0.25, 0.3) is 11.3 Å². The second-order valence-electron chi connectivity index (χ2n) is 7.48. The van der Waals surface area contributed by atoms with Gasteiger partial charge in [0.25, 0.3) is 0 Å². The molecule has 2 amide bonds. The number of aryl methyl sites for hydroxylation is 3. The average molecular weight is 406 g/mol. The van der Waals surface area contributed by atoms with Crippen molar-refractivity contribution in [2.45, 2.75) is 20.8 Å². The van der Waals surface area contributed by atoms with Gasteiger partial charge in [-0.3, -0.25) is 19.8 Å². The standard InChI is InChI=1S/C23H26N4O3/c1-15-8-10-18(11-9-15)19-12-22(30-26-19)24-20(28)13-27(4)14-21(29)25-23-16(2)6-5-7-17(23)3/h5-12H,13-14H2,1-4H3,(H,24,28)(H,25,29). The van der Waals surface area contributed by atoms with E-state index >= 15 is 0 Å². The van der Waals surface area contributed by atoms with Gasteiger partial charge in [-0.15, -0.1) is 0 Å². The maximum atomic E-state index is 12.3. The van der Waals surface area contributed by atoms with Crippen LogP contribution < -0.4 is 10.6 Å². The largest absolute Gasteiger partial charge is 0.338 e. The number of carbonyl (C=O) groups is 2. The second kappa shape index (κ2) is 9.37. The first-order valence-electron chi connectivity index (χ1n) is 9.70. The number of amides is 2. The summed E-state index contributed by atoms with van der Waals surface area (Å²) >= 11 is 0. The molecule has 0 spiro atoms. The Morgan fingerprint density at radius 3 is 2.17 bits per heavy atom. The molecule has 30 heavy (non-hydrogen) atoms. The van der Waals surface area contributed by atoms with E-state index < -0.39 is 0 Å². The molecule has 0 aliphatic carbocycles. The van der Waals surface area contributed by atoms with Crippen LogP contribution in [-0.2, 0) is 9.59 Å². The topological polar surface area (TPSA) is 87.5 Å². The molecule has 0 aliphatic heterocycles. The van der Waals surface area contributed by atoms with Crippen molar-refractivity contribution < 1.29 is 14.1 Å². The Bertz CT molecular complexity index is 1020. The Morgan fingerprint density at radius 1 is 0.933 bits per heavy atom. The van der Waals surface area contributed by atoms with Gasteiger partial charge in [-0.25, -0.2) is 0 Å². The highest BCUT2D eigenvalue weighted by atomic mass is 16.5. The summed E-state index contributed by atoms with van der Waals surface area (Å²) in [7, 11) is 1.71. The summed E-state index contributed by atoms with van der Waals surface area (Å²) in [6.07, 6.45) is 0. The first-order valence-corrected chi connectivity index (χ1v) is 9.70. The van der Waals surface area contributed by atoms with Gasteiger partial charge in [-0.1, -0.05) is 53.2 Å². The molecule has 0 saturated carbocycles. The number of carbonyl (C=O) groups excluding carboxylic acids is 2. The lowest BCUT2D eigenvalue weighted by atomic mass is 10.1. The Hall–Kier alpha value is -3.45. The lowest BCUT2D eigenvalue weighted by molar-refractivity contribution is -0.119. The van der Waals surface area contributed by atoms with E-state index in [2.05, 4.69) is 15.8 Å². The maximum absolute atomic E-state index is 12.3. The summed E-state index contributed by atoms with van der Waals surface area (Å²) in [6, 6.07) is 15.4. The summed E-state index contributed by atoms with van der Waals surface area (Å²) in [4.78, 5) is 26.3. The SMILES string of the molecule is Cc1ccc(-c2cc(NC(=O)CN(C)CC(=O)Nc3c(C)cccc3C)on2)cc1. The molecule has 1 heterocycles. The number of rotatable bonds is 7. The molecule has 0 unspecified atom stereocenters. The van der Waals surface area contributed by atoms with Crippen LogP contribution in [0.1, 0.15) is 16.7 Å². The van der Waals surface area contributed by atoms with Crippen molar-refractivity contribution in [3.05, 3.63) is 65.2 Å². The normalized spacial score (nSPS) is 10.8. The van der Waals surface area contributed by atoms with Crippen molar-refractivity contribution in [3.8, 4) is 11.3 Å². The van der Waals surface area contributed by atoms with E-state index in [9.17, 15) is 9.59 Å². The number of hydrogen-bond acceptors (Lipinski definition) is 5. The van der Waals surface area contributed by atoms with E-state index in [1.54, 1.807) is 18.0 Å². The molecule has 156 valence electrons. The number of para-hydroxylation sites is 1. The zero-order chi connectivity index (χ0) is 21.7.